The van der Waals surface area contributed by atoms with Crippen LogP contribution in [0.2, 0.25) is 0 Å². The zero-order valence-corrected chi connectivity index (χ0v) is 15.5. The summed E-state index contributed by atoms with van der Waals surface area (Å²) in [7, 11) is 0. The number of rotatable bonds is 4. The number of anilines is 2. The molecule has 0 saturated heterocycles. The number of aromatic nitrogens is 4. The highest BCUT2D eigenvalue weighted by molar-refractivity contribution is 5.85. The molecule has 2 heterocycles. The van der Waals surface area contributed by atoms with Crippen LogP contribution in [0.1, 0.15) is 46.0 Å². The molecule has 0 aliphatic carbocycles. The van der Waals surface area contributed by atoms with E-state index in [1.54, 1.807) is 13.3 Å². The molecule has 3 rings (SSSR count). The molecule has 0 saturated carbocycles. The lowest BCUT2D eigenvalue weighted by Crippen LogP contribution is -2.19. The zero-order chi connectivity index (χ0) is 18.7. The third kappa shape index (κ3) is 3.84. The van der Waals surface area contributed by atoms with Gasteiger partial charge >= 0.3 is 0 Å². The van der Waals surface area contributed by atoms with Crippen molar-refractivity contribution in [3.05, 3.63) is 42.5 Å². The van der Waals surface area contributed by atoms with Crippen molar-refractivity contribution in [3.63, 3.8) is 0 Å². The topological polar surface area (TPSA) is 75.9 Å². The predicted octanol–water partition coefficient (Wildman–Crippen LogP) is 3.66. The van der Waals surface area contributed by atoms with E-state index in [1.165, 1.54) is 0 Å². The Kier molecular flexibility index (Phi) is 4.92. The van der Waals surface area contributed by atoms with E-state index in [1.807, 2.05) is 41.8 Å². The van der Waals surface area contributed by atoms with Gasteiger partial charge in [0.1, 0.15) is 5.60 Å². The van der Waals surface area contributed by atoms with E-state index in [-0.39, 0.29) is 6.04 Å². The summed E-state index contributed by atoms with van der Waals surface area (Å²) in [6, 6.07) is 9.98. The van der Waals surface area contributed by atoms with E-state index < -0.39 is 5.60 Å². The summed E-state index contributed by atoms with van der Waals surface area (Å²) in [5, 5.41) is 13.4. The molecule has 0 unspecified atom stereocenters. The molecule has 0 radical (unpaired) electrons. The molecule has 134 valence electrons. The molecule has 3 aromatic rings. The average molecular weight is 349 g/mol. The molecule has 1 aromatic carbocycles. The lowest BCUT2D eigenvalue weighted by molar-refractivity contribution is 0.118. The van der Waals surface area contributed by atoms with Crippen molar-refractivity contribution in [1.29, 1.82) is 0 Å². The SMILES string of the molecule is CC[C@](C)(O)C#Cc1nc(Nc2ccccc2)c2ncn(C(C)C)c2n1. The van der Waals surface area contributed by atoms with Crippen LogP contribution in [-0.4, -0.2) is 30.2 Å². The fraction of sp³-hybridized carbons (Fsp3) is 0.350. The number of hydrogen-bond acceptors (Lipinski definition) is 5. The molecule has 2 aromatic heterocycles. The number of aliphatic hydroxyl groups is 1. The van der Waals surface area contributed by atoms with E-state index >= 15 is 0 Å². The van der Waals surface area contributed by atoms with Crippen LogP contribution in [0.3, 0.4) is 0 Å². The van der Waals surface area contributed by atoms with E-state index in [4.69, 9.17) is 0 Å². The van der Waals surface area contributed by atoms with Crippen LogP contribution in [0, 0.1) is 11.8 Å². The Hall–Kier alpha value is -2.91. The molecule has 26 heavy (non-hydrogen) atoms. The minimum Gasteiger partial charge on any atom is -0.378 e. The van der Waals surface area contributed by atoms with Crippen molar-refractivity contribution in [2.45, 2.75) is 45.8 Å². The minimum absolute atomic E-state index is 0.207. The van der Waals surface area contributed by atoms with Gasteiger partial charge in [-0.1, -0.05) is 31.0 Å². The Bertz CT molecular complexity index is 964. The Morgan fingerprint density at radius 1 is 1.23 bits per heavy atom. The summed E-state index contributed by atoms with van der Waals surface area (Å²) in [5.74, 6) is 6.70. The van der Waals surface area contributed by atoms with Crippen LogP contribution in [-0.2, 0) is 0 Å². The van der Waals surface area contributed by atoms with Gasteiger partial charge in [-0.25, -0.2) is 15.0 Å². The molecule has 0 aliphatic rings. The van der Waals surface area contributed by atoms with Crippen LogP contribution >= 0.6 is 0 Å². The normalized spacial score (nSPS) is 13.3. The van der Waals surface area contributed by atoms with Crippen molar-refractivity contribution < 1.29 is 5.11 Å². The van der Waals surface area contributed by atoms with Gasteiger partial charge in [-0.05, 0) is 45.2 Å². The molecule has 0 fully saturated rings. The fourth-order valence-electron chi connectivity index (χ4n) is 2.37. The molecule has 2 N–H and O–H groups in total. The van der Waals surface area contributed by atoms with Crippen LogP contribution < -0.4 is 5.32 Å². The highest BCUT2D eigenvalue weighted by Gasteiger charge is 2.16. The summed E-state index contributed by atoms with van der Waals surface area (Å²) in [5.41, 5.74) is 1.25. The maximum absolute atomic E-state index is 10.1. The van der Waals surface area contributed by atoms with Gasteiger partial charge in [0.25, 0.3) is 0 Å². The first-order chi connectivity index (χ1) is 12.4. The fourth-order valence-corrected chi connectivity index (χ4v) is 2.37. The average Bonchev–Trinajstić information content (AvgIpc) is 3.05. The molecular weight excluding hydrogens is 326 g/mol. The second kappa shape index (κ2) is 7.14. The third-order valence-electron chi connectivity index (χ3n) is 4.15. The van der Waals surface area contributed by atoms with Crippen LogP contribution in [0.25, 0.3) is 11.2 Å². The van der Waals surface area contributed by atoms with Crippen molar-refractivity contribution >= 4 is 22.7 Å². The van der Waals surface area contributed by atoms with Gasteiger partial charge in [0.05, 0.1) is 6.33 Å². The van der Waals surface area contributed by atoms with Gasteiger partial charge in [0.15, 0.2) is 17.0 Å². The summed E-state index contributed by atoms with van der Waals surface area (Å²) in [6.45, 7) is 7.70. The lowest BCUT2D eigenvalue weighted by atomic mass is 10.1. The number of fused-ring (bicyclic) bond motifs is 1. The van der Waals surface area contributed by atoms with Gasteiger partial charge in [0.2, 0.25) is 5.82 Å². The van der Waals surface area contributed by atoms with Crippen LogP contribution in [0.15, 0.2) is 36.7 Å². The number of nitrogens with zero attached hydrogens (tertiary/aromatic N) is 4. The Morgan fingerprint density at radius 3 is 2.62 bits per heavy atom. The monoisotopic (exact) mass is 349 g/mol. The predicted molar refractivity (Wildman–Crippen MR) is 103 cm³/mol. The Labute approximate surface area is 153 Å². The number of benzene rings is 1. The largest absolute Gasteiger partial charge is 0.378 e. The van der Waals surface area contributed by atoms with Crippen molar-refractivity contribution in [3.8, 4) is 11.8 Å². The van der Waals surface area contributed by atoms with E-state index in [0.29, 0.717) is 29.2 Å². The summed E-state index contributed by atoms with van der Waals surface area (Å²) < 4.78 is 1.98. The maximum Gasteiger partial charge on any atom is 0.209 e. The molecule has 1 atom stereocenters. The second-order valence-electron chi connectivity index (χ2n) is 6.68. The first-order valence-corrected chi connectivity index (χ1v) is 8.72. The molecule has 0 bridgehead atoms. The van der Waals surface area contributed by atoms with E-state index in [9.17, 15) is 5.11 Å². The standard InChI is InChI=1S/C20H23N5O/c1-5-20(4,26)12-11-16-23-18(22-15-9-7-6-8-10-15)17-19(24-16)25(13-21-17)14(2)3/h6-10,13-14,26H,5H2,1-4H3,(H,22,23,24)/t20-/m0/s1. The minimum atomic E-state index is -1.07. The van der Waals surface area contributed by atoms with Crippen LogP contribution in [0.4, 0.5) is 11.5 Å². The summed E-state index contributed by atoms with van der Waals surface area (Å²) in [4.78, 5) is 13.6. The molecule has 6 heteroatoms. The zero-order valence-electron chi connectivity index (χ0n) is 15.5. The summed E-state index contributed by atoms with van der Waals surface area (Å²) >= 11 is 0. The number of para-hydroxylation sites is 1. The van der Waals surface area contributed by atoms with Gasteiger partial charge in [0, 0.05) is 11.7 Å². The maximum atomic E-state index is 10.1. The third-order valence-corrected chi connectivity index (χ3v) is 4.15. The molecule has 0 spiro atoms. The first kappa shape index (κ1) is 17.9. The quantitative estimate of drug-likeness (QED) is 0.703. The van der Waals surface area contributed by atoms with Crippen molar-refractivity contribution in [2.24, 2.45) is 0 Å². The summed E-state index contributed by atoms with van der Waals surface area (Å²) in [6.07, 6.45) is 2.29. The van der Waals surface area contributed by atoms with Crippen molar-refractivity contribution in [2.75, 3.05) is 5.32 Å². The highest BCUT2D eigenvalue weighted by atomic mass is 16.3. The molecule has 6 nitrogen and oxygen atoms in total. The highest BCUT2D eigenvalue weighted by Crippen LogP contribution is 2.24. The smallest absolute Gasteiger partial charge is 0.209 e. The molecular formula is C20H23N5O. The van der Waals surface area contributed by atoms with Crippen molar-refractivity contribution in [1.82, 2.24) is 19.5 Å². The Balaban J connectivity index is 2.12. The number of hydrogen-bond donors (Lipinski definition) is 2. The van der Waals surface area contributed by atoms with E-state index in [2.05, 4.69) is 46.0 Å². The van der Waals surface area contributed by atoms with Crippen LogP contribution in [0.5, 0.6) is 0 Å². The van der Waals surface area contributed by atoms with E-state index in [0.717, 1.165) is 5.69 Å². The molecule has 0 amide bonds. The van der Waals surface area contributed by atoms with Gasteiger partial charge in [-0.15, -0.1) is 0 Å². The number of nitrogens with one attached hydrogen (secondary N) is 1. The Morgan fingerprint density at radius 2 is 1.96 bits per heavy atom. The lowest BCUT2D eigenvalue weighted by Gasteiger charge is -2.12. The number of imidazole rings is 1. The first-order valence-electron chi connectivity index (χ1n) is 8.72. The van der Waals surface area contributed by atoms with Gasteiger partial charge in [-0.3, -0.25) is 0 Å². The second-order valence-corrected chi connectivity index (χ2v) is 6.68. The van der Waals surface area contributed by atoms with Gasteiger partial charge < -0.3 is 15.0 Å². The molecule has 0 aliphatic heterocycles. The van der Waals surface area contributed by atoms with Gasteiger partial charge in [-0.2, -0.15) is 0 Å².